The summed E-state index contributed by atoms with van der Waals surface area (Å²) in [4.78, 5) is 14.1. The third kappa shape index (κ3) is 2.08. The standard InChI is InChI=1S/C14H19N3O/c1-15-12-8-9-17(14(18)16-10-6-7-10)13-5-3-2-4-11(12)13/h2-5,10,12,15H,6-9H2,1H3,(H,16,18). The van der Waals surface area contributed by atoms with Gasteiger partial charge in [0.15, 0.2) is 0 Å². The molecule has 0 saturated heterocycles. The van der Waals surface area contributed by atoms with E-state index in [-0.39, 0.29) is 6.03 Å². The number of hydrogen-bond acceptors (Lipinski definition) is 2. The van der Waals surface area contributed by atoms with Gasteiger partial charge in [-0.15, -0.1) is 0 Å². The molecule has 1 saturated carbocycles. The van der Waals surface area contributed by atoms with Crippen LogP contribution in [0.4, 0.5) is 10.5 Å². The summed E-state index contributed by atoms with van der Waals surface area (Å²) in [5.41, 5.74) is 2.26. The van der Waals surface area contributed by atoms with Gasteiger partial charge in [-0.2, -0.15) is 0 Å². The summed E-state index contributed by atoms with van der Waals surface area (Å²) in [7, 11) is 1.97. The van der Waals surface area contributed by atoms with E-state index in [0.717, 1.165) is 31.5 Å². The minimum Gasteiger partial charge on any atom is -0.335 e. The van der Waals surface area contributed by atoms with Crippen LogP contribution in [0.3, 0.4) is 0 Å². The first kappa shape index (κ1) is 11.5. The molecule has 0 radical (unpaired) electrons. The van der Waals surface area contributed by atoms with Gasteiger partial charge < -0.3 is 10.6 Å². The van der Waals surface area contributed by atoms with Gasteiger partial charge in [0.2, 0.25) is 0 Å². The fraction of sp³-hybridized carbons (Fsp3) is 0.500. The molecule has 1 unspecified atom stereocenters. The Morgan fingerprint density at radius 3 is 2.78 bits per heavy atom. The molecule has 3 rings (SSSR count). The average Bonchev–Trinajstić information content (AvgIpc) is 3.21. The number of amides is 2. The Kier molecular flexibility index (Phi) is 2.96. The lowest BCUT2D eigenvalue weighted by Gasteiger charge is -2.34. The topological polar surface area (TPSA) is 44.4 Å². The largest absolute Gasteiger partial charge is 0.335 e. The molecule has 4 nitrogen and oxygen atoms in total. The van der Waals surface area contributed by atoms with E-state index in [1.807, 2.05) is 30.1 Å². The number of urea groups is 1. The molecule has 1 aliphatic carbocycles. The van der Waals surface area contributed by atoms with E-state index in [1.165, 1.54) is 5.56 Å². The highest BCUT2D eigenvalue weighted by atomic mass is 16.2. The number of para-hydroxylation sites is 1. The third-order valence-corrected chi connectivity index (χ3v) is 3.74. The minimum absolute atomic E-state index is 0.0551. The molecule has 1 aliphatic heterocycles. The van der Waals surface area contributed by atoms with Crippen LogP contribution in [0, 0.1) is 0 Å². The van der Waals surface area contributed by atoms with E-state index in [4.69, 9.17) is 0 Å². The number of carbonyl (C=O) groups excluding carboxylic acids is 1. The van der Waals surface area contributed by atoms with Crippen molar-refractivity contribution >= 4 is 11.7 Å². The Morgan fingerprint density at radius 2 is 2.06 bits per heavy atom. The fourth-order valence-electron chi connectivity index (χ4n) is 2.55. The molecular weight excluding hydrogens is 226 g/mol. The maximum atomic E-state index is 12.2. The first-order valence-electron chi connectivity index (χ1n) is 6.64. The maximum absolute atomic E-state index is 12.2. The van der Waals surface area contributed by atoms with Gasteiger partial charge in [-0.3, -0.25) is 4.90 Å². The molecule has 1 aromatic rings. The van der Waals surface area contributed by atoms with Crippen LogP contribution in [-0.4, -0.2) is 25.7 Å². The highest BCUT2D eigenvalue weighted by Crippen LogP contribution is 2.33. The Labute approximate surface area is 107 Å². The zero-order valence-corrected chi connectivity index (χ0v) is 10.6. The monoisotopic (exact) mass is 245 g/mol. The highest BCUT2D eigenvalue weighted by molar-refractivity contribution is 5.93. The van der Waals surface area contributed by atoms with E-state index >= 15 is 0 Å². The molecule has 1 heterocycles. The molecule has 1 atom stereocenters. The van der Waals surface area contributed by atoms with Crippen molar-refractivity contribution < 1.29 is 4.79 Å². The molecule has 0 spiro atoms. The molecule has 96 valence electrons. The number of anilines is 1. The number of nitrogens with one attached hydrogen (secondary N) is 2. The molecule has 1 fully saturated rings. The van der Waals surface area contributed by atoms with Crippen molar-refractivity contribution in [2.45, 2.75) is 31.3 Å². The quantitative estimate of drug-likeness (QED) is 0.837. The SMILES string of the molecule is CNC1CCN(C(=O)NC2CC2)c2ccccc21. The number of rotatable bonds is 2. The summed E-state index contributed by atoms with van der Waals surface area (Å²) in [6.45, 7) is 0.779. The van der Waals surface area contributed by atoms with Crippen LogP contribution >= 0.6 is 0 Å². The second kappa shape index (κ2) is 4.61. The summed E-state index contributed by atoms with van der Waals surface area (Å²) in [6.07, 6.45) is 3.21. The first-order chi connectivity index (χ1) is 8.79. The second-order valence-corrected chi connectivity index (χ2v) is 5.06. The van der Waals surface area contributed by atoms with Gasteiger partial charge in [0, 0.05) is 18.6 Å². The number of carbonyl (C=O) groups is 1. The Bertz CT molecular complexity index is 456. The zero-order chi connectivity index (χ0) is 12.5. The molecule has 2 N–H and O–H groups in total. The lowest BCUT2D eigenvalue weighted by Crippen LogP contribution is -2.45. The second-order valence-electron chi connectivity index (χ2n) is 5.06. The molecular formula is C14H19N3O. The maximum Gasteiger partial charge on any atom is 0.322 e. The van der Waals surface area contributed by atoms with Gasteiger partial charge in [-0.1, -0.05) is 18.2 Å². The lowest BCUT2D eigenvalue weighted by atomic mass is 9.97. The van der Waals surface area contributed by atoms with Crippen molar-refractivity contribution in [1.82, 2.24) is 10.6 Å². The molecule has 2 aliphatic rings. The summed E-state index contributed by atoms with van der Waals surface area (Å²) in [6, 6.07) is 8.98. The number of fused-ring (bicyclic) bond motifs is 1. The van der Waals surface area contributed by atoms with Crippen LogP contribution in [0.1, 0.15) is 30.9 Å². The zero-order valence-electron chi connectivity index (χ0n) is 10.6. The first-order valence-corrected chi connectivity index (χ1v) is 6.64. The Morgan fingerprint density at radius 1 is 1.28 bits per heavy atom. The van der Waals surface area contributed by atoms with Crippen molar-refractivity contribution in [3.05, 3.63) is 29.8 Å². The minimum atomic E-state index is 0.0551. The summed E-state index contributed by atoms with van der Waals surface area (Å²) in [5.74, 6) is 0. The van der Waals surface area contributed by atoms with E-state index in [1.54, 1.807) is 0 Å². The van der Waals surface area contributed by atoms with Crippen molar-refractivity contribution in [2.75, 3.05) is 18.5 Å². The van der Waals surface area contributed by atoms with E-state index in [0.29, 0.717) is 12.1 Å². The van der Waals surface area contributed by atoms with E-state index in [2.05, 4.69) is 16.7 Å². The van der Waals surface area contributed by atoms with Gasteiger partial charge >= 0.3 is 6.03 Å². The summed E-state index contributed by atoms with van der Waals surface area (Å²) >= 11 is 0. The van der Waals surface area contributed by atoms with Crippen LogP contribution in [0.2, 0.25) is 0 Å². The van der Waals surface area contributed by atoms with Gasteiger partial charge in [0.1, 0.15) is 0 Å². The molecule has 0 aromatic heterocycles. The number of nitrogens with zero attached hydrogens (tertiary/aromatic N) is 1. The van der Waals surface area contributed by atoms with E-state index in [9.17, 15) is 4.79 Å². The smallest absolute Gasteiger partial charge is 0.322 e. The molecule has 2 amide bonds. The van der Waals surface area contributed by atoms with Crippen molar-refractivity contribution in [1.29, 1.82) is 0 Å². The lowest BCUT2D eigenvalue weighted by molar-refractivity contribution is 0.245. The van der Waals surface area contributed by atoms with Crippen molar-refractivity contribution in [2.24, 2.45) is 0 Å². The highest BCUT2D eigenvalue weighted by Gasteiger charge is 2.30. The third-order valence-electron chi connectivity index (χ3n) is 3.74. The van der Waals surface area contributed by atoms with Gasteiger partial charge in [0.05, 0.1) is 5.69 Å². The van der Waals surface area contributed by atoms with Gasteiger partial charge in [-0.25, -0.2) is 4.79 Å². The Hall–Kier alpha value is -1.55. The molecule has 18 heavy (non-hydrogen) atoms. The van der Waals surface area contributed by atoms with E-state index < -0.39 is 0 Å². The molecule has 4 heteroatoms. The summed E-state index contributed by atoms with van der Waals surface area (Å²) in [5, 5.41) is 6.38. The van der Waals surface area contributed by atoms with Crippen LogP contribution in [0.5, 0.6) is 0 Å². The normalized spacial score (nSPS) is 22.5. The van der Waals surface area contributed by atoms with Gasteiger partial charge in [0.25, 0.3) is 0 Å². The van der Waals surface area contributed by atoms with Crippen molar-refractivity contribution in [3.63, 3.8) is 0 Å². The average molecular weight is 245 g/mol. The molecule has 0 bridgehead atoms. The van der Waals surface area contributed by atoms with Gasteiger partial charge in [-0.05, 0) is 37.9 Å². The van der Waals surface area contributed by atoms with Crippen LogP contribution < -0.4 is 15.5 Å². The molecule has 1 aromatic carbocycles. The predicted molar refractivity (Wildman–Crippen MR) is 71.8 cm³/mol. The Balaban J connectivity index is 1.85. The van der Waals surface area contributed by atoms with Crippen molar-refractivity contribution in [3.8, 4) is 0 Å². The van der Waals surface area contributed by atoms with Crippen LogP contribution in [0.15, 0.2) is 24.3 Å². The predicted octanol–water partition coefficient (Wildman–Crippen LogP) is 2.03. The number of hydrogen-bond donors (Lipinski definition) is 2. The van der Waals surface area contributed by atoms with Crippen LogP contribution in [0.25, 0.3) is 0 Å². The van der Waals surface area contributed by atoms with Crippen LogP contribution in [-0.2, 0) is 0 Å². The summed E-state index contributed by atoms with van der Waals surface area (Å²) < 4.78 is 0. The number of benzene rings is 1. The fourth-order valence-corrected chi connectivity index (χ4v) is 2.55.